The van der Waals surface area contributed by atoms with E-state index in [1.54, 1.807) is 0 Å². The van der Waals surface area contributed by atoms with Crippen molar-refractivity contribution in [2.24, 2.45) is 11.1 Å². The van der Waals surface area contributed by atoms with Crippen molar-refractivity contribution in [2.75, 3.05) is 39.4 Å². The second-order valence-electron chi connectivity index (χ2n) is 10.4. The van der Waals surface area contributed by atoms with Crippen molar-refractivity contribution in [2.45, 2.75) is 59.0 Å². The Bertz CT molecular complexity index is 1190. The number of aryl methyl sites for hydroxylation is 1. The number of ether oxygens (including phenoxy) is 1. The summed E-state index contributed by atoms with van der Waals surface area (Å²) in [5.41, 5.74) is 1.44. The Labute approximate surface area is 218 Å². The number of rotatable bonds is 9. The van der Waals surface area contributed by atoms with Gasteiger partial charge < -0.3 is 19.5 Å². The number of benzene rings is 1. The molecule has 9 heteroatoms. The molecule has 0 amide bonds. The highest BCUT2D eigenvalue weighted by atomic mass is 16.7. The number of hydrogen-bond donors (Lipinski definition) is 1. The average molecular weight is 511 g/mol. The van der Waals surface area contributed by atoms with Crippen molar-refractivity contribution in [3.8, 4) is 0 Å². The minimum Gasteiger partial charge on any atom is -0.379 e. The fraction of sp³-hybridized carbons (Fsp3) is 0.571. The van der Waals surface area contributed by atoms with E-state index in [0.717, 1.165) is 31.4 Å². The van der Waals surface area contributed by atoms with Crippen LogP contribution in [0.3, 0.4) is 0 Å². The molecule has 9 nitrogen and oxygen atoms in total. The zero-order chi connectivity index (χ0) is 26.6. The Hall–Kier alpha value is -2.88. The summed E-state index contributed by atoms with van der Waals surface area (Å²) in [6, 6.07) is 5.58. The standard InChI is InChI=1S/C28H38N4O5/c1-5-31-18-23(26(34)24(30-37-19(2)33)16-20-8-10-29-11-9-20)22-17-21(6-7-25(22)31)27(35)28(3,4)32-12-14-36-15-13-32/h6-7,17-18,20,29H,5,8-16H2,1-4H3/b30-24+. The number of hydrogen-bond acceptors (Lipinski definition) is 8. The summed E-state index contributed by atoms with van der Waals surface area (Å²) in [5.74, 6) is -0.549. The molecule has 0 aliphatic carbocycles. The highest BCUT2D eigenvalue weighted by molar-refractivity contribution is 6.48. The maximum Gasteiger partial charge on any atom is 0.331 e. The molecule has 0 spiro atoms. The van der Waals surface area contributed by atoms with Gasteiger partial charge in [0.2, 0.25) is 5.78 Å². The topological polar surface area (TPSA) is 102 Å². The van der Waals surface area contributed by atoms with Crippen LogP contribution in [0.15, 0.2) is 29.6 Å². The zero-order valence-electron chi connectivity index (χ0n) is 22.3. The summed E-state index contributed by atoms with van der Waals surface area (Å²) < 4.78 is 7.47. The first-order chi connectivity index (χ1) is 17.7. The van der Waals surface area contributed by atoms with Gasteiger partial charge in [-0.25, -0.2) is 4.79 Å². The Balaban J connectivity index is 1.70. The first kappa shape index (κ1) is 27.2. The van der Waals surface area contributed by atoms with Crippen molar-refractivity contribution >= 4 is 34.2 Å². The third-order valence-corrected chi connectivity index (χ3v) is 7.57. The molecule has 0 bridgehead atoms. The molecule has 4 rings (SSSR count). The lowest BCUT2D eigenvalue weighted by atomic mass is 9.88. The highest BCUT2D eigenvalue weighted by Crippen LogP contribution is 2.29. The van der Waals surface area contributed by atoms with E-state index in [9.17, 15) is 14.4 Å². The Morgan fingerprint density at radius 2 is 1.86 bits per heavy atom. The summed E-state index contributed by atoms with van der Waals surface area (Å²) in [4.78, 5) is 46.1. The van der Waals surface area contributed by atoms with E-state index in [1.165, 1.54) is 6.92 Å². The number of ketones is 2. The maximum absolute atomic E-state index is 13.8. The maximum atomic E-state index is 13.8. The van der Waals surface area contributed by atoms with Gasteiger partial charge in [0.1, 0.15) is 5.71 Å². The lowest BCUT2D eigenvalue weighted by Crippen LogP contribution is -2.54. The molecule has 1 N–H and O–H groups in total. The van der Waals surface area contributed by atoms with Gasteiger partial charge in [0, 0.05) is 54.8 Å². The van der Waals surface area contributed by atoms with Gasteiger partial charge in [-0.05, 0) is 77.2 Å². The fourth-order valence-corrected chi connectivity index (χ4v) is 5.31. The van der Waals surface area contributed by atoms with E-state index >= 15 is 0 Å². The Morgan fingerprint density at radius 1 is 1.16 bits per heavy atom. The molecule has 2 aliphatic rings. The Kier molecular flexibility index (Phi) is 8.56. The lowest BCUT2D eigenvalue weighted by Gasteiger charge is -2.39. The van der Waals surface area contributed by atoms with Crippen LogP contribution in [0.4, 0.5) is 0 Å². The summed E-state index contributed by atoms with van der Waals surface area (Å²) in [7, 11) is 0. The van der Waals surface area contributed by atoms with E-state index in [-0.39, 0.29) is 23.2 Å². The lowest BCUT2D eigenvalue weighted by molar-refractivity contribution is -0.140. The number of fused-ring (bicyclic) bond motifs is 1. The average Bonchev–Trinajstić information content (AvgIpc) is 3.29. The second kappa shape index (κ2) is 11.7. The predicted molar refractivity (Wildman–Crippen MR) is 142 cm³/mol. The molecule has 0 radical (unpaired) electrons. The summed E-state index contributed by atoms with van der Waals surface area (Å²) in [6.07, 6.45) is 4.12. The molecule has 37 heavy (non-hydrogen) atoms. The molecular weight excluding hydrogens is 472 g/mol. The molecule has 1 aromatic heterocycles. The van der Waals surface area contributed by atoms with Gasteiger partial charge in [0.25, 0.3) is 0 Å². The molecular formula is C28H38N4O5. The molecule has 0 saturated carbocycles. The van der Waals surface area contributed by atoms with Crippen LogP contribution in [0.2, 0.25) is 0 Å². The molecule has 0 atom stereocenters. The van der Waals surface area contributed by atoms with Crippen LogP contribution in [0.5, 0.6) is 0 Å². The molecule has 2 aliphatic heterocycles. The first-order valence-corrected chi connectivity index (χ1v) is 13.2. The van der Waals surface area contributed by atoms with Gasteiger partial charge in [0.05, 0.1) is 18.8 Å². The number of aromatic nitrogens is 1. The fourth-order valence-electron chi connectivity index (χ4n) is 5.31. The number of Topliss-reactive ketones (excluding diaryl/α,β-unsaturated/α-hetero) is 2. The number of nitrogens with one attached hydrogen (secondary N) is 1. The summed E-state index contributed by atoms with van der Waals surface area (Å²) in [6.45, 7) is 12.2. The Morgan fingerprint density at radius 3 is 2.51 bits per heavy atom. The van der Waals surface area contributed by atoms with Gasteiger partial charge in [-0.3, -0.25) is 14.5 Å². The number of piperidine rings is 1. The third kappa shape index (κ3) is 6.00. The molecule has 3 heterocycles. The monoisotopic (exact) mass is 510 g/mol. The molecule has 0 unspecified atom stereocenters. The molecule has 2 aromatic rings. The van der Waals surface area contributed by atoms with Crippen molar-refractivity contribution in [1.29, 1.82) is 0 Å². The van der Waals surface area contributed by atoms with Gasteiger partial charge in [-0.15, -0.1) is 0 Å². The van der Waals surface area contributed by atoms with Crippen molar-refractivity contribution in [1.82, 2.24) is 14.8 Å². The first-order valence-electron chi connectivity index (χ1n) is 13.2. The number of oxime groups is 1. The third-order valence-electron chi connectivity index (χ3n) is 7.57. The van der Waals surface area contributed by atoms with Gasteiger partial charge in [-0.1, -0.05) is 5.16 Å². The van der Waals surface area contributed by atoms with Crippen LogP contribution in [-0.2, 0) is 20.9 Å². The van der Waals surface area contributed by atoms with E-state index in [0.29, 0.717) is 55.8 Å². The second-order valence-corrected chi connectivity index (χ2v) is 10.4. The van der Waals surface area contributed by atoms with Crippen LogP contribution < -0.4 is 5.32 Å². The number of carbonyl (C=O) groups is 3. The highest BCUT2D eigenvalue weighted by Gasteiger charge is 2.36. The number of nitrogens with zero attached hydrogens (tertiary/aromatic N) is 3. The SMILES string of the molecule is CCn1cc(C(=O)/C(CC2CCNCC2)=N/OC(C)=O)c2cc(C(=O)C(C)(C)N3CCOCC3)ccc21. The zero-order valence-corrected chi connectivity index (χ0v) is 22.3. The molecule has 1 aromatic carbocycles. The van der Waals surface area contributed by atoms with Crippen LogP contribution >= 0.6 is 0 Å². The van der Waals surface area contributed by atoms with Gasteiger partial charge in [0.15, 0.2) is 5.78 Å². The summed E-state index contributed by atoms with van der Waals surface area (Å²) >= 11 is 0. The molecule has 2 saturated heterocycles. The van der Waals surface area contributed by atoms with E-state index in [1.807, 2.05) is 49.7 Å². The van der Waals surface area contributed by atoms with Gasteiger partial charge in [-0.2, -0.15) is 0 Å². The summed E-state index contributed by atoms with van der Waals surface area (Å²) in [5, 5.41) is 8.03. The number of carbonyl (C=O) groups excluding carboxylic acids is 3. The quantitative estimate of drug-likeness (QED) is 0.239. The number of morpholine rings is 1. The van der Waals surface area contributed by atoms with Crippen molar-refractivity contribution in [3.05, 3.63) is 35.5 Å². The van der Waals surface area contributed by atoms with Gasteiger partial charge >= 0.3 is 5.97 Å². The predicted octanol–water partition coefficient (Wildman–Crippen LogP) is 3.45. The van der Waals surface area contributed by atoms with Crippen LogP contribution in [0, 0.1) is 5.92 Å². The minimum absolute atomic E-state index is 0.00227. The largest absolute Gasteiger partial charge is 0.379 e. The van der Waals surface area contributed by atoms with E-state index in [4.69, 9.17) is 9.57 Å². The molecule has 200 valence electrons. The van der Waals surface area contributed by atoms with Crippen LogP contribution in [0.1, 0.15) is 67.7 Å². The molecule has 2 fully saturated rings. The minimum atomic E-state index is -0.702. The van der Waals surface area contributed by atoms with Crippen molar-refractivity contribution in [3.63, 3.8) is 0 Å². The van der Waals surface area contributed by atoms with E-state index < -0.39 is 11.5 Å². The van der Waals surface area contributed by atoms with Crippen molar-refractivity contribution < 1.29 is 24.0 Å². The van der Waals surface area contributed by atoms with E-state index in [2.05, 4.69) is 15.4 Å². The smallest absolute Gasteiger partial charge is 0.331 e. The van der Waals surface area contributed by atoms with Crippen LogP contribution in [0.25, 0.3) is 10.9 Å². The normalized spacial score (nSPS) is 18.2. The van der Waals surface area contributed by atoms with Crippen LogP contribution in [-0.4, -0.2) is 77.6 Å².